The smallest absolute Gasteiger partial charge is 0.261 e. The Balaban J connectivity index is 2.10. The number of halogens is 1. The third-order valence-electron chi connectivity index (χ3n) is 3.72. The molecule has 0 heterocycles. The van der Waals surface area contributed by atoms with Gasteiger partial charge in [-0.3, -0.25) is 4.79 Å². The van der Waals surface area contributed by atoms with Crippen molar-refractivity contribution in [2.24, 2.45) is 11.8 Å². The van der Waals surface area contributed by atoms with Crippen LogP contribution in [0.1, 0.15) is 35.7 Å². The van der Waals surface area contributed by atoms with E-state index in [1.807, 2.05) is 0 Å². The van der Waals surface area contributed by atoms with Crippen LogP contribution in [-0.4, -0.2) is 20.9 Å². The minimum atomic E-state index is -3.83. The van der Waals surface area contributed by atoms with Crippen LogP contribution in [0, 0.1) is 18.8 Å². The van der Waals surface area contributed by atoms with Gasteiger partial charge in [-0.25, -0.2) is 8.42 Å². The molecule has 1 N–H and O–H groups in total. The van der Waals surface area contributed by atoms with E-state index >= 15 is 0 Å². The normalized spacial score (nSPS) is 16.8. The van der Waals surface area contributed by atoms with E-state index < -0.39 is 9.05 Å². The molecule has 6 heteroatoms. The van der Waals surface area contributed by atoms with Crippen molar-refractivity contribution in [1.82, 2.24) is 5.32 Å². The lowest BCUT2D eigenvalue weighted by Gasteiger charge is -2.12. The van der Waals surface area contributed by atoms with Crippen molar-refractivity contribution in [3.63, 3.8) is 0 Å². The third-order valence-corrected chi connectivity index (χ3v) is 5.19. The lowest BCUT2D eigenvalue weighted by atomic mass is 10.1. The lowest BCUT2D eigenvalue weighted by molar-refractivity contribution is 0.0946. The van der Waals surface area contributed by atoms with Gasteiger partial charge in [-0.15, -0.1) is 0 Å². The summed E-state index contributed by atoms with van der Waals surface area (Å²) in [5.74, 6) is 0.909. The number of carbonyl (C=O) groups is 1. The summed E-state index contributed by atoms with van der Waals surface area (Å²) >= 11 is 0. The van der Waals surface area contributed by atoms with Crippen molar-refractivity contribution in [2.45, 2.75) is 31.6 Å². The van der Waals surface area contributed by atoms with Crippen LogP contribution in [0.5, 0.6) is 0 Å². The van der Waals surface area contributed by atoms with Gasteiger partial charge in [0.25, 0.3) is 15.0 Å². The van der Waals surface area contributed by atoms with Gasteiger partial charge in [0.2, 0.25) is 0 Å². The SMILES string of the molecule is Cc1ccc(C(=O)NCC(C)C2CC2)cc1S(=O)(=O)Cl. The van der Waals surface area contributed by atoms with E-state index in [2.05, 4.69) is 12.2 Å². The Hall–Kier alpha value is -1.07. The van der Waals surface area contributed by atoms with Crippen molar-refractivity contribution in [3.8, 4) is 0 Å². The number of benzene rings is 1. The molecule has 1 fully saturated rings. The topological polar surface area (TPSA) is 63.2 Å². The molecule has 1 atom stereocenters. The molecule has 0 spiro atoms. The van der Waals surface area contributed by atoms with Crippen molar-refractivity contribution < 1.29 is 13.2 Å². The van der Waals surface area contributed by atoms with Crippen LogP contribution in [0.4, 0.5) is 0 Å². The Morgan fingerprint density at radius 3 is 2.65 bits per heavy atom. The second-order valence-electron chi connectivity index (χ2n) is 5.44. The number of aryl methyl sites for hydroxylation is 1. The molecule has 0 aliphatic heterocycles. The van der Waals surface area contributed by atoms with Gasteiger partial charge in [-0.05, 0) is 49.3 Å². The Bertz CT molecular complexity index is 623. The third kappa shape index (κ3) is 3.73. The summed E-state index contributed by atoms with van der Waals surface area (Å²) in [5.41, 5.74) is 0.848. The lowest BCUT2D eigenvalue weighted by Crippen LogP contribution is -2.29. The Kier molecular flexibility index (Phi) is 4.39. The molecule has 0 bridgehead atoms. The zero-order chi connectivity index (χ0) is 14.9. The minimum Gasteiger partial charge on any atom is -0.352 e. The molecule has 20 heavy (non-hydrogen) atoms. The fraction of sp³-hybridized carbons (Fsp3) is 0.500. The van der Waals surface area contributed by atoms with Crippen LogP contribution in [0.2, 0.25) is 0 Å². The second kappa shape index (κ2) is 5.74. The molecule has 0 aromatic heterocycles. The maximum atomic E-state index is 12.0. The van der Waals surface area contributed by atoms with E-state index in [4.69, 9.17) is 10.7 Å². The molecule has 1 aromatic rings. The molecule has 1 aliphatic rings. The predicted molar refractivity (Wildman–Crippen MR) is 78.4 cm³/mol. The first-order chi connectivity index (χ1) is 9.29. The Morgan fingerprint density at radius 2 is 2.10 bits per heavy atom. The van der Waals surface area contributed by atoms with E-state index in [0.717, 1.165) is 0 Å². The van der Waals surface area contributed by atoms with Gasteiger partial charge in [-0.1, -0.05) is 13.0 Å². The van der Waals surface area contributed by atoms with Crippen LogP contribution in [0.3, 0.4) is 0 Å². The summed E-state index contributed by atoms with van der Waals surface area (Å²) in [7, 11) is 1.53. The van der Waals surface area contributed by atoms with Gasteiger partial charge in [0.1, 0.15) is 0 Å². The summed E-state index contributed by atoms with van der Waals surface area (Å²) in [6.07, 6.45) is 2.46. The van der Waals surface area contributed by atoms with Crippen molar-refractivity contribution in [2.75, 3.05) is 6.54 Å². The summed E-state index contributed by atoms with van der Waals surface area (Å²) in [6, 6.07) is 4.53. The predicted octanol–water partition coefficient (Wildman–Crippen LogP) is 2.70. The Morgan fingerprint density at radius 1 is 1.45 bits per heavy atom. The number of hydrogen-bond acceptors (Lipinski definition) is 3. The highest BCUT2D eigenvalue weighted by molar-refractivity contribution is 8.13. The van der Waals surface area contributed by atoms with E-state index in [0.29, 0.717) is 29.5 Å². The summed E-state index contributed by atoms with van der Waals surface area (Å²) in [6.45, 7) is 4.37. The molecule has 1 saturated carbocycles. The summed E-state index contributed by atoms with van der Waals surface area (Å²) < 4.78 is 22.9. The van der Waals surface area contributed by atoms with Gasteiger partial charge < -0.3 is 5.32 Å². The molecule has 2 rings (SSSR count). The highest BCUT2D eigenvalue weighted by Gasteiger charge is 2.28. The fourth-order valence-electron chi connectivity index (χ4n) is 2.19. The first kappa shape index (κ1) is 15.3. The average Bonchev–Trinajstić information content (AvgIpc) is 3.18. The molecule has 4 nitrogen and oxygen atoms in total. The molecule has 1 amide bonds. The van der Waals surface area contributed by atoms with E-state index in [1.54, 1.807) is 19.1 Å². The molecule has 110 valence electrons. The maximum absolute atomic E-state index is 12.0. The molecule has 1 aliphatic carbocycles. The quantitative estimate of drug-likeness (QED) is 0.850. The molecule has 1 unspecified atom stereocenters. The monoisotopic (exact) mass is 315 g/mol. The van der Waals surface area contributed by atoms with Crippen LogP contribution in [-0.2, 0) is 9.05 Å². The number of hydrogen-bond donors (Lipinski definition) is 1. The Labute approximate surface area is 123 Å². The molecular formula is C14H18ClNO3S. The van der Waals surface area contributed by atoms with Crippen LogP contribution in [0.25, 0.3) is 0 Å². The number of nitrogens with one attached hydrogen (secondary N) is 1. The molecule has 1 aromatic carbocycles. The van der Waals surface area contributed by atoms with Gasteiger partial charge in [0.05, 0.1) is 4.90 Å². The minimum absolute atomic E-state index is 0.0120. The number of carbonyl (C=O) groups excluding carboxylic acids is 1. The zero-order valence-corrected chi connectivity index (χ0v) is 13.1. The highest BCUT2D eigenvalue weighted by Crippen LogP contribution is 2.36. The number of amides is 1. The standard InChI is InChI=1S/C14H18ClNO3S/c1-9-3-4-12(7-13(9)20(15,18)19)14(17)16-8-10(2)11-5-6-11/h3-4,7,10-11H,5-6,8H2,1-2H3,(H,16,17). The van der Waals surface area contributed by atoms with Crippen LogP contribution < -0.4 is 5.32 Å². The van der Waals surface area contributed by atoms with Crippen molar-refractivity contribution >= 4 is 25.6 Å². The molecule has 0 radical (unpaired) electrons. The molecule has 0 saturated heterocycles. The average molecular weight is 316 g/mol. The zero-order valence-electron chi connectivity index (χ0n) is 11.5. The van der Waals surface area contributed by atoms with Crippen LogP contribution >= 0.6 is 10.7 Å². The molecular weight excluding hydrogens is 298 g/mol. The largest absolute Gasteiger partial charge is 0.352 e. The van der Waals surface area contributed by atoms with Gasteiger partial charge in [0, 0.05) is 22.8 Å². The van der Waals surface area contributed by atoms with Gasteiger partial charge >= 0.3 is 0 Å². The second-order valence-corrected chi connectivity index (χ2v) is 7.98. The van der Waals surface area contributed by atoms with Crippen molar-refractivity contribution in [3.05, 3.63) is 29.3 Å². The van der Waals surface area contributed by atoms with Gasteiger partial charge in [-0.2, -0.15) is 0 Å². The van der Waals surface area contributed by atoms with Crippen molar-refractivity contribution in [1.29, 1.82) is 0 Å². The summed E-state index contributed by atoms with van der Waals surface area (Å²) in [5, 5.41) is 2.84. The van der Waals surface area contributed by atoms with Gasteiger partial charge in [0.15, 0.2) is 0 Å². The highest BCUT2D eigenvalue weighted by atomic mass is 35.7. The maximum Gasteiger partial charge on any atom is 0.261 e. The number of rotatable bonds is 5. The fourth-order valence-corrected chi connectivity index (χ4v) is 3.41. The first-order valence-electron chi connectivity index (χ1n) is 6.62. The first-order valence-corrected chi connectivity index (χ1v) is 8.93. The van der Waals surface area contributed by atoms with E-state index in [1.165, 1.54) is 18.9 Å². The van der Waals surface area contributed by atoms with E-state index in [-0.39, 0.29) is 10.8 Å². The van der Waals surface area contributed by atoms with E-state index in [9.17, 15) is 13.2 Å². The summed E-state index contributed by atoms with van der Waals surface area (Å²) in [4.78, 5) is 12.0. The van der Waals surface area contributed by atoms with Crippen LogP contribution in [0.15, 0.2) is 23.1 Å².